The minimum absolute atomic E-state index is 0.0982. The van der Waals surface area contributed by atoms with Crippen molar-refractivity contribution < 1.29 is 17.9 Å². The second kappa shape index (κ2) is 11.2. The van der Waals surface area contributed by atoms with Gasteiger partial charge in [0.15, 0.2) is 0 Å². The maximum Gasteiger partial charge on any atom is 0.244 e. The lowest BCUT2D eigenvalue weighted by Crippen LogP contribution is -2.41. The Morgan fingerprint density at radius 2 is 1.66 bits per heavy atom. The van der Waals surface area contributed by atoms with Gasteiger partial charge in [0.1, 0.15) is 15.7 Å². The van der Waals surface area contributed by atoms with E-state index in [1.165, 1.54) is 10.4 Å². The third kappa shape index (κ3) is 5.61. The summed E-state index contributed by atoms with van der Waals surface area (Å²) in [6.45, 7) is 0.538. The van der Waals surface area contributed by atoms with Crippen molar-refractivity contribution in [2.75, 3.05) is 25.5 Å². The first-order valence-corrected chi connectivity index (χ1v) is 14.8. The Labute approximate surface area is 231 Å². The number of hydrogen-bond donors (Lipinski definition) is 1. The largest absolute Gasteiger partial charge is 0.497 e. The van der Waals surface area contributed by atoms with E-state index in [1.54, 1.807) is 36.6 Å². The van der Waals surface area contributed by atoms with Crippen molar-refractivity contribution in [2.24, 2.45) is 5.92 Å². The van der Waals surface area contributed by atoms with E-state index in [-0.39, 0.29) is 34.8 Å². The zero-order valence-electron chi connectivity index (χ0n) is 20.6. The molecule has 1 aliphatic rings. The fraction of sp³-hybridized carbons (Fsp3) is 0.214. The van der Waals surface area contributed by atoms with Crippen LogP contribution in [0.2, 0.25) is 5.02 Å². The van der Waals surface area contributed by atoms with Crippen LogP contribution in [0.3, 0.4) is 0 Å². The molecule has 4 aromatic rings. The molecule has 1 fully saturated rings. The number of carbonyl (C=O) groups excluding carboxylic acids is 1. The standard InChI is InChI=1S/C28H26ClN3O4S2/c1-36-23-12-8-19(9-13-23)25-18-37-28(31-25)21-6-10-22(11-7-21)30-27(33)20-14-16-32(17-15-20)38(34,35)26-5-3-2-4-24(26)29/h2-13,18,20H,14-17H2,1H3,(H,30,33). The molecule has 5 rings (SSSR count). The SMILES string of the molecule is COc1ccc(-c2csc(-c3ccc(NC(=O)C4CCN(S(=O)(=O)c5ccccc5Cl)CC4)cc3)n2)cc1. The van der Waals surface area contributed by atoms with E-state index >= 15 is 0 Å². The van der Waals surface area contributed by atoms with Crippen LogP contribution in [0.25, 0.3) is 21.8 Å². The van der Waals surface area contributed by atoms with Gasteiger partial charge in [0.25, 0.3) is 0 Å². The Kier molecular flexibility index (Phi) is 7.80. The van der Waals surface area contributed by atoms with E-state index in [0.717, 1.165) is 27.6 Å². The number of halogens is 1. The monoisotopic (exact) mass is 567 g/mol. The lowest BCUT2D eigenvalue weighted by Gasteiger charge is -2.30. The maximum atomic E-state index is 13.0. The Balaban J connectivity index is 1.18. The van der Waals surface area contributed by atoms with Crippen LogP contribution in [-0.2, 0) is 14.8 Å². The molecule has 38 heavy (non-hydrogen) atoms. The van der Waals surface area contributed by atoms with E-state index in [2.05, 4.69) is 5.32 Å². The number of sulfonamides is 1. The number of ether oxygens (including phenoxy) is 1. The molecule has 1 aliphatic heterocycles. The number of aromatic nitrogens is 1. The highest BCUT2D eigenvalue weighted by Gasteiger charge is 2.33. The topological polar surface area (TPSA) is 88.6 Å². The first kappa shape index (κ1) is 26.4. The molecule has 0 aliphatic carbocycles. The van der Waals surface area contributed by atoms with Gasteiger partial charge in [-0.25, -0.2) is 13.4 Å². The van der Waals surface area contributed by atoms with Crippen LogP contribution in [0.15, 0.2) is 83.1 Å². The molecule has 1 N–H and O–H groups in total. The summed E-state index contributed by atoms with van der Waals surface area (Å²) < 4.78 is 32.5. The van der Waals surface area contributed by atoms with Gasteiger partial charge in [-0.05, 0) is 73.5 Å². The number of piperidine rings is 1. The highest BCUT2D eigenvalue weighted by atomic mass is 35.5. The van der Waals surface area contributed by atoms with Crippen LogP contribution in [0.1, 0.15) is 12.8 Å². The fourth-order valence-corrected chi connectivity index (χ4v) is 7.19. The van der Waals surface area contributed by atoms with Crippen LogP contribution < -0.4 is 10.1 Å². The summed E-state index contributed by atoms with van der Waals surface area (Å²) in [5, 5.41) is 6.08. The van der Waals surface area contributed by atoms with Gasteiger partial charge in [-0.1, -0.05) is 23.7 Å². The average Bonchev–Trinajstić information content (AvgIpc) is 3.44. The Morgan fingerprint density at radius 1 is 1.00 bits per heavy atom. The molecule has 0 radical (unpaired) electrons. The average molecular weight is 568 g/mol. The number of methoxy groups -OCH3 is 1. The number of hydrogen-bond acceptors (Lipinski definition) is 6. The first-order valence-electron chi connectivity index (χ1n) is 12.1. The summed E-state index contributed by atoms with van der Waals surface area (Å²) in [6.07, 6.45) is 0.891. The van der Waals surface area contributed by atoms with Gasteiger partial charge < -0.3 is 10.1 Å². The van der Waals surface area contributed by atoms with Gasteiger partial charge >= 0.3 is 0 Å². The highest BCUT2D eigenvalue weighted by Crippen LogP contribution is 2.31. The Bertz CT molecular complexity index is 1530. The molecule has 10 heteroatoms. The van der Waals surface area contributed by atoms with Crippen molar-refractivity contribution in [3.05, 3.63) is 83.2 Å². The normalized spacial score (nSPS) is 14.8. The predicted octanol–water partition coefficient (Wildman–Crippen LogP) is 6.18. The van der Waals surface area contributed by atoms with Crippen molar-refractivity contribution in [2.45, 2.75) is 17.7 Å². The van der Waals surface area contributed by atoms with Gasteiger partial charge in [0, 0.05) is 41.2 Å². The molecule has 0 unspecified atom stereocenters. The van der Waals surface area contributed by atoms with Crippen molar-refractivity contribution >= 4 is 44.6 Å². The van der Waals surface area contributed by atoms with E-state index in [0.29, 0.717) is 18.5 Å². The molecule has 0 atom stereocenters. The quantitative estimate of drug-likeness (QED) is 0.288. The highest BCUT2D eigenvalue weighted by molar-refractivity contribution is 7.89. The summed E-state index contributed by atoms with van der Waals surface area (Å²) in [5.74, 6) is 0.427. The molecule has 0 saturated carbocycles. The van der Waals surface area contributed by atoms with Crippen molar-refractivity contribution in [3.63, 3.8) is 0 Å². The van der Waals surface area contributed by atoms with Crippen molar-refractivity contribution in [3.8, 4) is 27.6 Å². The molecule has 2 heterocycles. The molecule has 3 aromatic carbocycles. The van der Waals surface area contributed by atoms with E-state index in [9.17, 15) is 13.2 Å². The summed E-state index contributed by atoms with van der Waals surface area (Å²) >= 11 is 7.67. The molecule has 1 saturated heterocycles. The molecule has 196 valence electrons. The lowest BCUT2D eigenvalue weighted by atomic mass is 9.97. The summed E-state index contributed by atoms with van der Waals surface area (Å²) in [4.78, 5) is 17.7. The van der Waals surface area contributed by atoms with E-state index in [1.807, 2.05) is 53.9 Å². The van der Waals surface area contributed by atoms with Crippen LogP contribution in [0.4, 0.5) is 5.69 Å². The predicted molar refractivity (Wildman–Crippen MR) is 151 cm³/mol. The van der Waals surface area contributed by atoms with Crippen LogP contribution in [-0.4, -0.2) is 43.8 Å². The van der Waals surface area contributed by atoms with Gasteiger partial charge in [-0.3, -0.25) is 4.79 Å². The number of anilines is 1. The number of amides is 1. The number of thiazole rings is 1. The molecule has 1 aromatic heterocycles. The van der Waals surface area contributed by atoms with Gasteiger partial charge in [-0.15, -0.1) is 11.3 Å². The second-order valence-electron chi connectivity index (χ2n) is 8.94. The zero-order valence-corrected chi connectivity index (χ0v) is 23.0. The van der Waals surface area contributed by atoms with Gasteiger partial charge in [0.05, 0.1) is 17.8 Å². The molecular weight excluding hydrogens is 542 g/mol. The molecule has 0 bridgehead atoms. The minimum atomic E-state index is -3.69. The first-order chi connectivity index (χ1) is 18.3. The van der Waals surface area contributed by atoms with E-state index in [4.69, 9.17) is 21.3 Å². The third-order valence-corrected chi connectivity index (χ3v) is 9.86. The van der Waals surface area contributed by atoms with E-state index < -0.39 is 10.0 Å². The summed E-state index contributed by atoms with van der Waals surface area (Å²) in [6, 6.07) is 21.8. The Morgan fingerprint density at radius 3 is 2.32 bits per heavy atom. The molecular formula is C28H26ClN3O4S2. The summed E-state index contributed by atoms with van der Waals surface area (Å²) in [5.41, 5.74) is 3.57. The molecule has 7 nitrogen and oxygen atoms in total. The number of nitrogens with zero attached hydrogens (tertiary/aromatic N) is 2. The summed E-state index contributed by atoms with van der Waals surface area (Å²) in [7, 11) is -2.05. The lowest BCUT2D eigenvalue weighted by molar-refractivity contribution is -0.120. The van der Waals surface area contributed by atoms with Crippen LogP contribution in [0, 0.1) is 5.92 Å². The number of carbonyl (C=O) groups is 1. The van der Waals surface area contributed by atoms with Crippen LogP contribution in [0.5, 0.6) is 5.75 Å². The second-order valence-corrected chi connectivity index (χ2v) is 12.1. The van der Waals surface area contributed by atoms with Gasteiger partial charge in [-0.2, -0.15) is 4.31 Å². The van der Waals surface area contributed by atoms with Crippen molar-refractivity contribution in [1.82, 2.24) is 9.29 Å². The number of nitrogens with one attached hydrogen (secondary N) is 1. The fourth-order valence-electron chi connectivity index (χ4n) is 4.39. The molecule has 0 spiro atoms. The molecule has 1 amide bonds. The zero-order chi connectivity index (χ0) is 26.7. The van der Waals surface area contributed by atoms with Crippen LogP contribution >= 0.6 is 22.9 Å². The Hall–Kier alpha value is -3.24. The smallest absolute Gasteiger partial charge is 0.244 e. The maximum absolute atomic E-state index is 13.0. The third-order valence-electron chi connectivity index (χ3n) is 6.57. The minimum Gasteiger partial charge on any atom is -0.497 e. The number of rotatable bonds is 7. The van der Waals surface area contributed by atoms with Gasteiger partial charge in [0.2, 0.25) is 15.9 Å². The number of benzene rings is 3. The van der Waals surface area contributed by atoms with Crippen molar-refractivity contribution in [1.29, 1.82) is 0 Å².